The molecule has 0 aromatic carbocycles. The molecule has 0 aromatic heterocycles. The van der Waals surface area contributed by atoms with E-state index >= 15 is 0 Å². The zero-order chi connectivity index (χ0) is 11.2. The van der Waals surface area contributed by atoms with Crippen molar-refractivity contribution in [2.45, 2.75) is 12.5 Å². The third-order valence-electron chi connectivity index (χ3n) is 1.34. The highest BCUT2D eigenvalue weighted by atomic mass is 32.2. The smallest absolute Gasteiger partial charge is 0.385 e. The van der Waals surface area contributed by atoms with Gasteiger partial charge in [-0.25, -0.2) is 4.57 Å². The summed E-state index contributed by atoms with van der Waals surface area (Å²) in [6.45, 7) is -0.764. The molecule has 0 aliphatic heterocycles. The third-order valence-corrected chi connectivity index (χ3v) is 2.45. The minimum Gasteiger partial charge on any atom is -0.385 e. The number of Topliss-reactive ketones (excluding diaryl/α,β-unsaturated/α-hetero) is 1. The maximum atomic E-state index is 11.0. The molecule has 0 aliphatic carbocycles. The standard InChI is InChI=1S/C6H13O6PS/c1-14-3-2-5(7)6(8)4-12-13(9,10)11/h5,7H,2-4H2,1H3,(H2,9,10,11). The second kappa shape index (κ2) is 6.55. The predicted octanol–water partition coefficient (Wildman–Crippen LogP) is -0.221. The van der Waals surface area contributed by atoms with E-state index in [1.807, 2.05) is 6.26 Å². The van der Waals surface area contributed by atoms with Crippen molar-refractivity contribution in [3.05, 3.63) is 0 Å². The number of hydrogen-bond donors (Lipinski definition) is 3. The summed E-state index contributed by atoms with van der Waals surface area (Å²) in [5, 5.41) is 9.15. The van der Waals surface area contributed by atoms with Crippen LogP contribution in [0.25, 0.3) is 0 Å². The Morgan fingerprint density at radius 2 is 2.14 bits per heavy atom. The molecule has 0 aliphatic rings. The number of rotatable bonds is 7. The lowest BCUT2D eigenvalue weighted by Gasteiger charge is -2.09. The van der Waals surface area contributed by atoms with Crippen LogP contribution in [0.2, 0.25) is 0 Å². The van der Waals surface area contributed by atoms with Crippen molar-refractivity contribution in [1.82, 2.24) is 0 Å². The normalized spacial score (nSPS) is 14.0. The lowest BCUT2D eigenvalue weighted by atomic mass is 10.2. The fraction of sp³-hybridized carbons (Fsp3) is 0.833. The summed E-state index contributed by atoms with van der Waals surface area (Å²) in [5.41, 5.74) is 0. The van der Waals surface area contributed by atoms with Gasteiger partial charge in [-0.1, -0.05) is 0 Å². The van der Waals surface area contributed by atoms with Crippen LogP contribution in [0.3, 0.4) is 0 Å². The average Bonchev–Trinajstić information content (AvgIpc) is 2.09. The van der Waals surface area contributed by atoms with Gasteiger partial charge in [0.15, 0.2) is 5.78 Å². The van der Waals surface area contributed by atoms with Crippen molar-refractivity contribution in [2.24, 2.45) is 0 Å². The zero-order valence-corrected chi connectivity index (χ0v) is 9.33. The van der Waals surface area contributed by atoms with Crippen molar-refractivity contribution >= 4 is 25.4 Å². The third kappa shape index (κ3) is 7.49. The minimum atomic E-state index is -4.62. The Bertz CT molecular complexity index is 226. The van der Waals surface area contributed by atoms with Crippen molar-refractivity contribution in [2.75, 3.05) is 18.6 Å². The number of aliphatic hydroxyl groups excluding tert-OH is 1. The van der Waals surface area contributed by atoms with Crippen LogP contribution in [0.5, 0.6) is 0 Å². The second-order valence-electron chi connectivity index (χ2n) is 2.53. The summed E-state index contributed by atoms with van der Waals surface area (Å²) >= 11 is 1.46. The van der Waals surface area contributed by atoms with Gasteiger partial charge in [-0.3, -0.25) is 9.32 Å². The van der Waals surface area contributed by atoms with Crippen LogP contribution in [-0.4, -0.2) is 45.4 Å². The number of ketones is 1. The Morgan fingerprint density at radius 3 is 2.57 bits per heavy atom. The summed E-state index contributed by atoms with van der Waals surface area (Å²) in [5.74, 6) is -0.120. The van der Waals surface area contributed by atoms with Crippen LogP contribution >= 0.6 is 19.6 Å². The first kappa shape index (κ1) is 14.1. The van der Waals surface area contributed by atoms with Crippen LogP contribution in [0.1, 0.15) is 6.42 Å². The highest BCUT2D eigenvalue weighted by Gasteiger charge is 2.20. The maximum Gasteiger partial charge on any atom is 0.470 e. The molecule has 1 atom stereocenters. The largest absolute Gasteiger partial charge is 0.470 e. The van der Waals surface area contributed by atoms with Gasteiger partial charge in [-0.2, -0.15) is 11.8 Å². The van der Waals surface area contributed by atoms with Crippen molar-refractivity contribution < 1.29 is 28.8 Å². The number of hydrogen-bond acceptors (Lipinski definition) is 5. The summed E-state index contributed by atoms with van der Waals surface area (Å²) in [7, 11) is -4.62. The van der Waals surface area contributed by atoms with E-state index in [1.54, 1.807) is 0 Å². The Labute approximate surface area is 85.9 Å². The fourth-order valence-corrected chi connectivity index (χ4v) is 1.39. The van der Waals surface area contributed by atoms with Crippen LogP contribution < -0.4 is 0 Å². The average molecular weight is 244 g/mol. The van der Waals surface area contributed by atoms with Gasteiger partial charge in [0, 0.05) is 0 Å². The highest BCUT2D eigenvalue weighted by Crippen LogP contribution is 2.35. The molecule has 0 saturated heterocycles. The molecule has 84 valence electrons. The molecule has 8 heteroatoms. The second-order valence-corrected chi connectivity index (χ2v) is 4.75. The monoisotopic (exact) mass is 244 g/mol. The van der Waals surface area contributed by atoms with Crippen LogP contribution in [0.4, 0.5) is 0 Å². The molecule has 0 radical (unpaired) electrons. The van der Waals surface area contributed by atoms with Crippen molar-refractivity contribution in [1.29, 1.82) is 0 Å². The van der Waals surface area contributed by atoms with E-state index in [0.29, 0.717) is 5.75 Å². The van der Waals surface area contributed by atoms with Crippen molar-refractivity contribution in [3.63, 3.8) is 0 Å². The molecule has 1 unspecified atom stereocenters. The maximum absolute atomic E-state index is 11.0. The fourth-order valence-electron chi connectivity index (χ4n) is 0.634. The van der Waals surface area contributed by atoms with E-state index in [0.717, 1.165) is 0 Å². The summed E-state index contributed by atoms with van der Waals surface area (Å²) in [4.78, 5) is 27.5. The van der Waals surface area contributed by atoms with E-state index in [2.05, 4.69) is 4.52 Å². The molecule has 0 rings (SSSR count). The molecule has 0 amide bonds. The van der Waals surface area contributed by atoms with Gasteiger partial charge in [-0.15, -0.1) is 0 Å². The molecule has 0 bridgehead atoms. The molecule has 3 N–H and O–H groups in total. The number of phosphoric ester groups is 1. The first-order valence-electron chi connectivity index (χ1n) is 3.76. The predicted molar refractivity (Wildman–Crippen MR) is 52.0 cm³/mol. The Balaban J connectivity index is 3.79. The zero-order valence-electron chi connectivity index (χ0n) is 7.62. The molecule has 0 aromatic rings. The van der Waals surface area contributed by atoms with Gasteiger partial charge in [-0.05, 0) is 18.4 Å². The number of carbonyl (C=O) groups is 1. The van der Waals surface area contributed by atoms with Gasteiger partial charge < -0.3 is 14.9 Å². The van der Waals surface area contributed by atoms with Gasteiger partial charge >= 0.3 is 7.82 Å². The number of carbonyl (C=O) groups excluding carboxylic acids is 1. The van der Waals surface area contributed by atoms with Gasteiger partial charge in [0.25, 0.3) is 0 Å². The van der Waals surface area contributed by atoms with E-state index in [4.69, 9.17) is 14.9 Å². The molecule has 14 heavy (non-hydrogen) atoms. The Morgan fingerprint density at radius 1 is 1.57 bits per heavy atom. The van der Waals surface area contributed by atoms with Crippen molar-refractivity contribution in [3.8, 4) is 0 Å². The molecule has 0 heterocycles. The lowest BCUT2D eigenvalue weighted by molar-refractivity contribution is -0.129. The number of thioether (sulfide) groups is 1. The molecule has 0 spiro atoms. The summed E-state index contributed by atoms with van der Waals surface area (Å²) in [6, 6.07) is 0. The van der Waals surface area contributed by atoms with E-state index < -0.39 is 26.3 Å². The van der Waals surface area contributed by atoms with E-state index in [1.165, 1.54) is 11.8 Å². The van der Waals surface area contributed by atoms with Crippen LogP contribution in [0.15, 0.2) is 0 Å². The Kier molecular flexibility index (Phi) is 6.59. The summed E-state index contributed by atoms with van der Waals surface area (Å²) in [6.07, 6.45) is 0.863. The van der Waals surface area contributed by atoms with Crippen LogP contribution in [-0.2, 0) is 13.9 Å². The van der Waals surface area contributed by atoms with Gasteiger partial charge in [0.05, 0.1) is 0 Å². The van der Waals surface area contributed by atoms with Gasteiger partial charge in [0.2, 0.25) is 0 Å². The van der Waals surface area contributed by atoms with E-state index in [-0.39, 0.29) is 6.42 Å². The summed E-state index contributed by atoms with van der Waals surface area (Å²) < 4.78 is 14.1. The number of aliphatic hydroxyl groups is 1. The number of phosphoric acid groups is 1. The topological polar surface area (TPSA) is 104 Å². The first-order valence-corrected chi connectivity index (χ1v) is 6.69. The molecular weight excluding hydrogens is 231 g/mol. The highest BCUT2D eigenvalue weighted by molar-refractivity contribution is 7.98. The molecular formula is C6H13O6PS. The van der Waals surface area contributed by atoms with Gasteiger partial charge in [0.1, 0.15) is 12.7 Å². The van der Waals surface area contributed by atoms with E-state index in [9.17, 15) is 9.36 Å². The quantitative estimate of drug-likeness (QED) is 0.532. The SMILES string of the molecule is CSCCC(O)C(=O)COP(=O)(O)O. The first-order chi connectivity index (χ1) is 6.37. The Hall–Kier alpha value is 0.0900. The lowest BCUT2D eigenvalue weighted by Crippen LogP contribution is -2.25. The molecule has 6 nitrogen and oxygen atoms in total. The minimum absolute atomic E-state index is 0.254. The molecule has 0 fully saturated rings. The molecule has 0 saturated carbocycles. The van der Waals surface area contributed by atoms with Crippen LogP contribution in [0, 0.1) is 0 Å².